The second-order valence-electron chi connectivity index (χ2n) is 4.79. The van der Waals surface area contributed by atoms with Gasteiger partial charge in [0.25, 0.3) is 0 Å². The third-order valence-corrected chi connectivity index (χ3v) is 3.28. The molecular formula is C13H25N3O2. The van der Waals surface area contributed by atoms with Gasteiger partial charge in [-0.25, -0.2) is 4.79 Å². The summed E-state index contributed by atoms with van der Waals surface area (Å²) in [7, 11) is 0. The molecule has 0 unspecified atom stereocenters. The molecule has 1 aliphatic heterocycles. The van der Waals surface area contributed by atoms with Crippen LogP contribution in [0.25, 0.3) is 0 Å². The zero-order valence-corrected chi connectivity index (χ0v) is 11.4. The first-order chi connectivity index (χ1) is 8.65. The lowest BCUT2D eigenvalue weighted by molar-refractivity contribution is 0.212. The Morgan fingerprint density at radius 2 is 2.39 bits per heavy atom. The predicted molar refractivity (Wildman–Crippen MR) is 72.5 cm³/mol. The average molecular weight is 255 g/mol. The largest absolute Gasteiger partial charge is 0.394 e. The SMILES string of the molecule is CC[C@@H](CO)NC(=O)NCCN1CC=C(C)CC1. The lowest BCUT2D eigenvalue weighted by atomic mass is 10.1. The minimum atomic E-state index is -0.195. The second kappa shape index (κ2) is 8.11. The quantitative estimate of drug-likeness (QED) is 0.612. The first-order valence-corrected chi connectivity index (χ1v) is 6.69. The van der Waals surface area contributed by atoms with Crippen LogP contribution < -0.4 is 10.6 Å². The molecule has 104 valence electrons. The van der Waals surface area contributed by atoms with Crippen molar-refractivity contribution in [3.63, 3.8) is 0 Å². The number of amides is 2. The molecule has 0 radical (unpaired) electrons. The van der Waals surface area contributed by atoms with E-state index in [9.17, 15) is 4.79 Å². The molecule has 0 aromatic heterocycles. The highest BCUT2D eigenvalue weighted by atomic mass is 16.3. The Kier molecular flexibility index (Phi) is 6.75. The average Bonchev–Trinajstić information content (AvgIpc) is 2.38. The Hall–Kier alpha value is -1.07. The van der Waals surface area contributed by atoms with E-state index in [1.165, 1.54) is 5.57 Å². The Bertz CT molecular complexity index is 288. The molecule has 1 heterocycles. The summed E-state index contributed by atoms with van der Waals surface area (Å²) in [6.07, 6.45) is 4.09. The van der Waals surface area contributed by atoms with Gasteiger partial charge in [-0.05, 0) is 19.8 Å². The van der Waals surface area contributed by atoms with Gasteiger partial charge in [0.15, 0.2) is 0 Å². The van der Waals surface area contributed by atoms with Crippen LogP contribution in [0.5, 0.6) is 0 Å². The number of urea groups is 1. The van der Waals surface area contributed by atoms with Crippen molar-refractivity contribution in [1.29, 1.82) is 0 Å². The molecule has 0 aromatic carbocycles. The van der Waals surface area contributed by atoms with E-state index in [1.807, 2.05) is 6.92 Å². The molecular weight excluding hydrogens is 230 g/mol. The molecule has 0 fully saturated rings. The molecule has 2 amide bonds. The van der Waals surface area contributed by atoms with E-state index >= 15 is 0 Å². The highest BCUT2D eigenvalue weighted by Gasteiger charge is 2.11. The van der Waals surface area contributed by atoms with E-state index in [-0.39, 0.29) is 18.7 Å². The van der Waals surface area contributed by atoms with E-state index in [0.29, 0.717) is 6.54 Å². The van der Waals surface area contributed by atoms with Crippen molar-refractivity contribution >= 4 is 6.03 Å². The molecule has 1 rings (SSSR count). The van der Waals surface area contributed by atoms with Crippen molar-refractivity contribution in [3.05, 3.63) is 11.6 Å². The van der Waals surface area contributed by atoms with Gasteiger partial charge in [0.2, 0.25) is 0 Å². The monoisotopic (exact) mass is 255 g/mol. The maximum Gasteiger partial charge on any atom is 0.315 e. The fourth-order valence-electron chi connectivity index (χ4n) is 1.86. The van der Waals surface area contributed by atoms with E-state index in [2.05, 4.69) is 28.5 Å². The van der Waals surface area contributed by atoms with E-state index in [4.69, 9.17) is 5.11 Å². The van der Waals surface area contributed by atoms with Crippen molar-refractivity contribution < 1.29 is 9.90 Å². The van der Waals surface area contributed by atoms with Crippen LogP contribution in [0.2, 0.25) is 0 Å². The van der Waals surface area contributed by atoms with Crippen LogP contribution in [0.15, 0.2) is 11.6 Å². The standard InChI is InChI=1S/C13H25N3O2/c1-3-12(10-17)15-13(18)14-6-9-16-7-4-11(2)5-8-16/h4,12,17H,3,5-10H2,1-2H3,(H2,14,15,18)/t12-/m0/s1. The third-order valence-electron chi connectivity index (χ3n) is 3.28. The van der Waals surface area contributed by atoms with Crippen molar-refractivity contribution in [3.8, 4) is 0 Å². The molecule has 5 nitrogen and oxygen atoms in total. The van der Waals surface area contributed by atoms with Crippen molar-refractivity contribution in [2.24, 2.45) is 0 Å². The van der Waals surface area contributed by atoms with Crippen molar-refractivity contribution in [2.45, 2.75) is 32.7 Å². The summed E-state index contributed by atoms with van der Waals surface area (Å²) in [6, 6.07) is -0.342. The lowest BCUT2D eigenvalue weighted by Crippen LogP contribution is -2.46. The van der Waals surface area contributed by atoms with Gasteiger partial charge in [-0.15, -0.1) is 0 Å². The molecule has 1 atom stereocenters. The summed E-state index contributed by atoms with van der Waals surface area (Å²) < 4.78 is 0. The minimum absolute atomic E-state index is 0.0138. The molecule has 0 bridgehead atoms. The Labute approximate surface area is 109 Å². The number of hydrogen-bond acceptors (Lipinski definition) is 3. The van der Waals surface area contributed by atoms with Crippen LogP contribution in [-0.4, -0.2) is 54.9 Å². The van der Waals surface area contributed by atoms with E-state index < -0.39 is 0 Å². The van der Waals surface area contributed by atoms with Crippen molar-refractivity contribution in [1.82, 2.24) is 15.5 Å². The number of rotatable bonds is 6. The Morgan fingerprint density at radius 1 is 1.61 bits per heavy atom. The normalized spacial score (nSPS) is 18.1. The smallest absolute Gasteiger partial charge is 0.315 e. The molecule has 0 saturated carbocycles. The summed E-state index contributed by atoms with van der Waals surface area (Å²) in [6.45, 7) is 7.63. The van der Waals surface area contributed by atoms with Gasteiger partial charge in [0.05, 0.1) is 12.6 Å². The lowest BCUT2D eigenvalue weighted by Gasteiger charge is -2.25. The topological polar surface area (TPSA) is 64.6 Å². The number of nitrogens with zero attached hydrogens (tertiary/aromatic N) is 1. The molecule has 5 heteroatoms. The number of carbonyl (C=O) groups is 1. The van der Waals surface area contributed by atoms with Gasteiger partial charge in [-0.1, -0.05) is 18.6 Å². The van der Waals surface area contributed by atoms with Gasteiger partial charge in [-0.3, -0.25) is 4.90 Å². The maximum atomic E-state index is 11.5. The molecule has 18 heavy (non-hydrogen) atoms. The van der Waals surface area contributed by atoms with Crippen LogP contribution >= 0.6 is 0 Å². The van der Waals surface area contributed by atoms with Gasteiger partial charge in [0, 0.05) is 26.2 Å². The number of nitrogens with one attached hydrogen (secondary N) is 2. The summed E-state index contributed by atoms with van der Waals surface area (Å²) >= 11 is 0. The second-order valence-corrected chi connectivity index (χ2v) is 4.79. The maximum absolute atomic E-state index is 11.5. The zero-order valence-electron chi connectivity index (χ0n) is 11.4. The van der Waals surface area contributed by atoms with Gasteiger partial charge >= 0.3 is 6.03 Å². The molecule has 0 spiro atoms. The molecule has 0 aromatic rings. The van der Waals surface area contributed by atoms with E-state index in [1.54, 1.807) is 0 Å². The van der Waals surface area contributed by atoms with Crippen LogP contribution in [0.1, 0.15) is 26.7 Å². The Balaban J connectivity index is 2.12. The van der Waals surface area contributed by atoms with Crippen LogP contribution in [0.3, 0.4) is 0 Å². The highest BCUT2D eigenvalue weighted by molar-refractivity contribution is 5.74. The highest BCUT2D eigenvalue weighted by Crippen LogP contribution is 2.08. The first kappa shape index (κ1) is 15.0. The minimum Gasteiger partial charge on any atom is -0.394 e. The number of aliphatic hydroxyl groups excluding tert-OH is 1. The zero-order chi connectivity index (χ0) is 13.4. The summed E-state index contributed by atoms with van der Waals surface area (Å²) in [5.74, 6) is 0. The van der Waals surface area contributed by atoms with Gasteiger partial charge < -0.3 is 15.7 Å². The fourth-order valence-corrected chi connectivity index (χ4v) is 1.86. The number of carbonyl (C=O) groups excluding carboxylic acids is 1. The summed E-state index contributed by atoms with van der Waals surface area (Å²) in [4.78, 5) is 13.8. The number of hydrogen-bond donors (Lipinski definition) is 3. The molecule has 1 aliphatic rings. The Morgan fingerprint density at radius 3 is 2.94 bits per heavy atom. The molecule has 0 saturated heterocycles. The van der Waals surface area contributed by atoms with Crippen molar-refractivity contribution in [2.75, 3.05) is 32.8 Å². The van der Waals surface area contributed by atoms with E-state index in [0.717, 1.165) is 32.5 Å². The summed E-state index contributed by atoms with van der Waals surface area (Å²) in [5, 5.41) is 14.5. The van der Waals surface area contributed by atoms with Crippen LogP contribution in [-0.2, 0) is 0 Å². The van der Waals surface area contributed by atoms with Crippen LogP contribution in [0.4, 0.5) is 4.79 Å². The van der Waals surface area contributed by atoms with Gasteiger partial charge in [-0.2, -0.15) is 0 Å². The van der Waals surface area contributed by atoms with Gasteiger partial charge in [0.1, 0.15) is 0 Å². The summed E-state index contributed by atoms with van der Waals surface area (Å²) in [5.41, 5.74) is 1.45. The predicted octanol–water partition coefficient (Wildman–Crippen LogP) is 0.709. The third kappa shape index (κ3) is 5.51. The molecule has 0 aliphatic carbocycles. The fraction of sp³-hybridized carbons (Fsp3) is 0.769. The first-order valence-electron chi connectivity index (χ1n) is 6.69. The molecule has 3 N–H and O–H groups in total. The van der Waals surface area contributed by atoms with Crippen LogP contribution in [0, 0.1) is 0 Å². The number of aliphatic hydroxyl groups is 1.